The van der Waals surface area contributed by atoms with Gasteiger partial charge >= 0.3 is 5.63 Å². The lowest BCUT2D eigenvalue weighted by Crippen LogP contribution is -2.30. The van der Waals surface area contributed by atoms with Gasteiger partial charge < -0.3 is 4.42 Å². The average molecular weight is 438 g/mol. The number of amides is 1. The molecule has 2 aromatic carbocycles. The van der Waals surface area contributed by atoms with E-state index >= 15 is 0 Å². The Kier molecular flexibility index (Phi) is 4.34. The number of nitrogens with one attached hydrogen (secondary N) is 1. The first-order chi connectivity index (χ1) is 11.0. The number of halogens is 2. The summed E-state index contributed by atoms with van der Waals surface area (Å²) >= 11 is 6.80. The van der Waals surface area contributed by atoms with E-state index in [0.29, 0.717) is 31.2 Å². The van der Waals surface area contributed by atoms with E-state index < -0.39 is 11.5 Å². The molecule has 1 aromatic heterocycles. The van der Waals surface area contributed by atoms with Gasteiger partial charge in [0.1, 0.15) is 5.58 Å². The zero-order chi connectivity index (χ0) is 16.6. The van der Waals surface area contributed by atoms with Gasteiger partial charge in [-0.2, -0.15) is 0 Å². The Morgan fingerprint density at radius 1 is 1.09 bits per heavy atom. The van der Waals surface area contributed by atoms with Crippen molar-refractivity contribution in [3.8, 4) is 11.1 Å². The molecule has 1 amide bonds. The quantitative estimate of drug-likeness (QED) is 0.277. The summed E-state index contributed by atoms with van der Waals surface area (Å²) < 4.78 is 6.51. The highest BCUT2D eigenvalue weighted by Crippen LogP contribution is 2.35. The lowest BCUT2D eigenvalue weighted by atomic mass is 10.0. The van der Waals surface area contributed by atoms with Crippen LogP contribution >= 0.6 is 31.9 Å². The number of nitrogen functional groups attached to an aromatic ring is 1. The molecule has 23 heavy (non-hydrogen) atoms. The molecule has 0 saturated heterocycles. The SMILES string of the molecule is NNC(=O)c1cc(Br)c(-c2cc3ccccc3oc2=O)c(Br)c1. The van der Waals surface area contributed by atoms with Crippen molar-refractivity contribution >= 4 is 48.7 Å². The van der Waals surface area contributed by atoms with E-state index in [9.17, 15) is 9.59 Å². The maximum atomic E-state index is 12.3. The number of benzene rings is 2. The topological polar surface area (TPSA) is 85.3 Å². The number of fused-ring (bicyclic) bond motifs is 1. The molecule has 3 aromatic rings. The van der Waals surface area contributed by atoms with Gasteiger partial charge in [-0.25, -0.2) is 10.6 Å². The van der Waals surface area contributed by atoms with Crippen molar-refractivity contribution in [3.05, 3.63) is 67.4 Å². The van der Waals surface area contributed by atoms with Gasteiger partial charge in [0.05, 0.1) is 5.56 Å². The first-order valence-corrected chi connectivity index (χ1v) is 8.13. The zero-order valence-corrected chi connectivity index (χ0v) is 14.8. The molecule has 3 rings (SSSR count). The van der Waals surface area contributed by atoms with Crippen molar-refractivity contribution in [3.63, 3.8) is 0 Å². The van der Waals surface area contributed by atoms with Crippen molar-refractivity contribution in [2.75, 3.05) is 0 Å². The molecule has 116 valence electrons. The van der Waals surface area contributed by atoms with Crippen LogP contribution in [-0.4, -0.2) is 5.91 Å². The van der Waals surface area contributed by atoms with E-state index in [1.54, 1.807) is 30.3 Å². The van der Waals surface area contributed by atoms with Crippen molar-refractivity contribution in [2.24, 2.45) is 5.84 Å². The predicted molar refractivity (Wildman–Crippen MR) is 95.0 cm³/mol. The lowest BCUT2D eigenvalue weighted by Gasteiger charge is -2.10. The van der Waals surface area contributed by atoms with Crippen LogP contribution in [0.3, 0.4) is 0 Å². The molecule has 0 fully saturated rings. The fourth-order valence-electron chi connectivity index (χ4n) is 2.28. The zero-order valence-electron chi connectivity index (χ0n) is 11.6. The molecule has 0 bridgehead atoms. The number of carbonyl (C=O) groups excluding carboxylic acids is 1. The summed E-state index contributed by atoms with van der Waals surface area (Å²) in [6.07, 6.45) is 0. The molecular weight excluding hydrogens is 428 g/mol. The van der Waals surface area contributed by atoms with Crippen LogP contribution in [-0.2, 0) is 0 Å². The maximum Gasteiger partial charge on any atom is 0.344 e. The Hall–Kier alpha value is -1.96. The Morgan fingerprint density at radius 3 is 2.39 bits per heavy atom. The highest BCUT2D eigenvalue weighted by molar-refractivity contribution is 9.11. The molecule has 0 radical (unpaired) electrons. The average Bonchev–Trinajstić information content (AvgIpc) is 2.53. The molecular formula is C16H10Br2N2O3. The molecule has 3 N–H and O–H groups in total. The fourth-order valence-corrected chi connectivity index (χ4v) is 3.89. The number of nitrogens with two attached hydrogens (primary N) is 1. The number of carbonyl (C=O) groups is 1. The van der Waals surface area contributed by atoms with E-state index in [2.05, 4.69) is 37.3 Å². The molecule has 0 aliphatic carbocycles. The fraction of sp³-hybridized carbons (Fsp3) is 0. The molecule has 0 aliphatic heterocycles. The minimum absolute atomic E-state index is 0.361. The molecule has 0 unspecified atom stereocenters. The molecule has 0 aliphatic rings. The van der Waals surface area contributed by atoms with Gasteiger partial charge in [0.15, 0.2) is 0 Å². The third kappa shape index (κ3) is 2.95. The van der Waals surface area contributed by atoms with Gasteiger partial charge in [-0.15, -0.1) is 0 Å². The second kappa shape index (κ2) is 6.27. The summed E-state index contributed by atoms with van der Waals surface area (Å²) in [5.74, 6) is 4.72. The molecule has 7 heteroatoms. The van der Waals surface area contributed by atoms with Crippen molar-refractivity contribution in [1.29, 1.82) is 0 Å². The number of para-hydroxylation sites is 1. The van der Waals surface area contributed by atoms with E-state index in [-0.39, 0.29) is 0 Å². The summed E-state index contributed by atoms with van der Waals surface area (Å²) in [4.78, 5) is 24.0. The molecule has 0 atom stereocenters. The van der Waals surface area contributed by atoms with Gasteiger partial charge in [0.2, 0.25) is 0 Å². The van der Waals surface area contributed by atoms with Crippen LogP contribution in [0.15, 0.2) is 60.6 Å². The number of rotatable bonds is 2. The Morgan fingerprint density at radius 2 is 1.74 bits per heavy atom. The van der Waals surface area contributed by atoms with Gasteiger partial charge in [0.25, 0.3) is 5.91 Å². The predicted octanol–water partition coefficient (Wildman–Crippen LogP) is 3.59. The van der Waals surface area contributed by atoms with E-state index in [0.717, 1.165) is 5.39 Å². The van der Waals surface area contributed by atoms with Crippen molar-refractivity contribution in [2.45, 2.75) is 0 Å². The number of hydrazine groups is 1. The Bertz CT molecular complexity index is 959. The number of hydrogen-bond donors (Lipinski definition) is 2. The third-order valence-electron chi connectivity index (χ3n) is 3.35. The second-order valence-corrected chi connectivity index (χ2v) is 6.48. The van der Waals surface area contributed by atoms with Crippen LogP contribution in [0.25, 0.3) is 22.1 Å². The largest absolute Gasteiger partial charge is 0.422 e. The van der Waals surface area contributed by atoms with Gasteiger partial charge in [-0.1, -0.05) is 50.1 Å². The maximum absolute atomic E-state index is 12.3. The second-order valence-electron chi connectivity index (χ2n) is 4.77. The highest BCUT2D eigenvalue weighted by Gasteiger charge is 2.17. The standard InChI is InChI=1S/C16H10Br2N2O3/c17-11-6-9(15(21)20-19)7-12(18)14(11)10-5-8-3-1-2-4-13(8)23-16(10)22/h1-7H,19H2,(H,20,21). The van der Waals surface area contributed by atoms with Crippen LogP contribution in [0.1, 0.15) is 10.4 Å². The summed E-state index contributed by atoms with van der Waals surface area (Å²) in [5.41, 5.74) is 3.49. The normalized spacial score (nSPS) is 10.7. The first kappa shape index (κ1) is 15.9. The Balaban J connectivity index is 2.25. The molecule has 0 spiro atoms. The number of hydrogen-bond acceptors (Lipinski definition) is 4. The van der Waals surface area contributed by atoms with Crippen LogP contribution in [0, 0.1) is 0 Å². The summed E-state index contributed by atoms with van der Waals surface area (Å²) in [7, 11) is 0. The van der Waals surface area contributed by atoms with Crippen LogP contribution in [0.5, 0.6) is 0 Å². The van der Waals surface area contributed by atoms with Crippen LogP contribution in [0.4, 0.5) is 0 Å². The van der Waals surface area contributed by atoms with Crippen molar-refractivity contribution < 1.29 is 9.21 Å². The molecule has 5 nitrogen and oxygen atoms in total. The summed E-state index contributed by atoms with van der Waals surface area (Å²) in [5, 5.41) is 0.810. The third-order valence-corrected chi connectivity index (χ3v) is 4.60. The Labute approximate surface area is 147 Å². The minimum atomic E-state index is -0.457. The van der Waals surface area contributed by atoms with Gasteiger partial charge in [-0.3, -0.25) is 10.2 Å². The minimum Gasteiger partial charge on any atom is -0.422 e. The first-order valence-electron chi connectivity index (χ1n) is 6.54. The highest BCUT2D eigenvalue weighted by atomic mass is 79.9. The van der Waals surface area contributed by atoms with Crippen LogP contribution < -0.4 is 16.9 Å². The van der Waals surface area contributed by atoms with Crippen LogP contribution in [0.2, 0.25) is 0 Å². The monoisotopic (exact) mass is 436 g/mol. The molecule has 0 saturated carbocycles. The van der Waals surface area contributed by atoms with E-state index in [4.69, 9.17) is 10.3 Å². The van der Waals surface area contributed by atoms with E-state index in [1.807, 2.05) is 12.1 Å². The summed E-state index contributed by atoms with van der Waals surface area (Å²) in [6, 6.07) is 12.2. The van der Waals surface area contributed by atoms with Gasteiger partial charge in [-0.05, 0) is 24.3 Å². The van der Waals surface area contributed by atoms with Crippen molar-refractivity contribution in [1.82, 2.24) is 5.43 Å². The smallest absolute Gasteiger partial charge is 0.344 e. The summed E-state index contributed by atoms with van der Waals surface area (Å²) in [6.45, 7) is 0. The molecule has 1 heterocycles. The lowest BCUT2D eigenvalue weighted by molar-refractivity contribution is 0.0953. The van der Waals surface area contributed by atoms with Gasteiger partial charge in [0, 0.05) is 25.5 Å². The van der Waals surface area contributed by atoms with E-state index in [1.165, 1.54) is 0 Å².